The highest BCUT2D eigenvalue weighted by Gasteiger charge is 2.30. The summed E-state index contributed by atoms with van der Waals surface area (Å²) in [6, 6.07) is 8.03. The second-order valence-corrected chi connectivity index (χ2v) is 6.30. The number of nitriles is 1. The van der Waals surface area contributed by atoms with E-state index in [2.05, 4.69) is 0 Å². The van der Waals surface area contributed by atoms with Gasteiger partial charge < -0.3 is 5.41 Å². The Labute approximate surface area is 183 Å². The van der Waals surface area contributed by atoms with Gasteiger partial charge in [0.1, 0.15) is 0 Å². The Hall–Kier alpha value is -5.20. The van der Waals surface area contributed by atoms with Gasteiger partial charge in [-0.3, -0.25) is 20.2 Å². The van der Waals surface area contributed by atoms with E-state index in [0.29, 0.717) is 10.0 Å². The fourth-order valence-corrected chi connectivity index (χ4v) is 2.90. The number of benzene rings is 2. The number of anilines is 2. The lowest BCUT2D eigenvalue weighted by Crippen LogP contribution is -2.36. The predicted molar refractivity (Wildman–Crippen MR) is 112 cm³/mol. The molecule has 2 aromatic carbocycles. The third kappa shape index (κ3) is 5.49. The average Bonchev–Trinajstić information content (AvgIpc) is 2.78. The topological polar surface area (TPSA) is 227 Å². The number of nitrogens with zero attached hydrogens (tertiary/aromatic N) is 7. The van der Waals surface area contributed by atoms with Crippen LogP contribution in [0.2, 0.25) is 0 Å². The lowest BCUT2D eigenvalue weighted by molar-refractivity contribution is -0.500. The van der Waals surface area contributed by atoms with Gasteiger partial charge in [-0.2, -0.15) is 5.26 Å². The molecular weight excluding hydrogens is 444 g/mol. The van der Waals surface area contributed by atoms with Crippen molar-refractivity contribution in [2.75, 3.05) is 23.1 Å². The maximum absolute atomic E-state index is 11.5. The van der Waals surface area contributed by atoms with E-state index in [1.807, 2.05) is 0 Å². The molecule has 0 aromatic heterocycles. The first kappa shape index (κ1) is 24.1. The van der Waals surface area contributed by atoms with Crippen LogP contribution in [0, 0.1) is 57.2 Å². The van der Waals surface area contributed by atoms with E-state index in [1.54, 1.807) is 6.07 Å². The van der Waals surface area contributed by atoms with Crippen LogP contribution in [-0.4, -0.2) is 39.2 Å². The van der Waals surface area contributed by atoms with Crippen LogP contribution in [0.3, 0.4) is 0 Å². The lowest BCUT2D eigenvalue weighted by atomic mass is 10.1. The molecule has 0 saturated carbocycles. The number of hydrogen-bond acceptors (Lipinski definition) is 10. The number of nitro groups is 4. The summed E-state index contributed by atoms with van der Waals surface area (Å²) >= 11 is 0. The molecule has 2 rings (SSSR count). The number of nitrogens with one attached hydrogen (secondary N) is 1. The van der Waals surface area contributed by atoms with Crippen molar-refractivity contribution in [1.29, 1.82) is 10.7 Å². The quantitative estimate of drug-likeness (QED) is 0.292. The van der Waals surface area contributed by atoms with E-state index >= 15 is 0 Å². The molecule has 0 fully saturated rings. The normalized spacial score (nSPS) is 10.0. The third-order valence-electron chi connectivity index (χ3n) is 4.35. The zero-order valence-electron chi connectivity index (χ0n) is 16.6. The fraction of sp³-hybridized carbons (Fsp3) is 0.176. The van der Waals surface area contributed by atoms with E-state index in [9.17, 15) is 40.5 Å². The van der Waals surface area contributed by atoms with E-state index in [4.69, 9.17) is 10.7 Å². The molecule has 0 radical (unpaired) electrons. The Balaban J connectivity index is 2.32. The molecular formula is C17H14N8O8. The van der Waals surface area contributed by atoms with E-state index in [-0.39, 0.29) is 17.5 Å². The zero-order valence-corrected chi connectivity index (χ0v) is 16.6. The monoisotopic (exact) mass is 458 g/mol. The van der Waals surface area contributed by atoms with Crippen LogP contribution >= 0.6 is 0 Å². The van der Waals surface area contributed by atoms with Gasteiger partial charge in [0.05, 0.1) is 34.6 Å². The molecule has 0 aliphatic carbocycles. The number of hydrazine groups is 2. The first-order valence-corrected chi connectivity index (χ1v) is 8.91. The van der Waals surface area contributed by atoms with Crippen molar-refractivity contribution in [2.45, 2.75) is 6.42 Å². The predicted octanol–water partition coefficient (Wildman–Crippen LogP) is 2.46. The van der Waals surface area contributed by atoms with Crippen LogP contribution in [0.1, 0.15) is 17.5 Å². The second kappa shape index (κ2) is 10.2. The minimum Gasteiger partial charge on any atom is -0.308 e. The van der Waals surface area contributed by atoms with Gasteiger partial charge in [-0.15, -0.1) is 0 Å². The highest BCUT2D eigenvalue weighted by Crippen LogP contribution is 2.31. The van der Waals surface area contributed by atoms with Gasteiger partial charge in [0.25, 0.3) is 11.4 Å². The van der Waals surface area contributed by atoms with Crippen molar-refractivity contribution in [2.24, 2.45) is 0 Å². The summed E-state index contributed by atoms with van der Waals surface area (Å²) in [5, 5.41) is 60.7. The van der Waals surface area contributed by atoms with Gasteiger partial charge in [0, 0.05) is 18.3 Å². The summed E-state index contributed by atoms with van der Waals surface area (Å²) < 4.78 is 0. The molecule has 33 heavy (non-hydrogen) atoms. The summed E-state index contributed by atoms with van der Waals surface area (Å²) in [4.78, 5) is 43.9. The van der Waals surface area contributed by atoms with Gasteiger partial charge in [0.2, 0.25) is 0 Å². The summed E-state index contributed by atoms with van der Waals surface area (Å²) in [5.74, 6) is 0. The molecule has 1 N–H and O–H groups in total. The number of hydrogen-bond donors (Lipinski definition) is 1. The molecule has 16 heteroatoms. The molecule has 0 heterocycles. The van der Waals surface area contributed by atoms with Gasteiger partial charge >= 0.3 is 0 Å². The molecule has 2 aromatic rings. The molecule has 0 saturated heterocycles. The van der Waals surface area contributed by atoms with Crippen molar-refractivity contribution < 1.29 is 19.9 Å². The van der Waals surface area contributed by atoms with Crippen molar-refractivity contribution in [3.8, 4) is 6.07 Å². The Bertz CT molecular complexity index is 1180. The van der Waals surface area contributed by atoms with Gasteiger partial charge in [-0.1, -0.05) is 16.1 Å². The van der Waals surface area contributed by atoms with Gasteiger partial charge in [-0.25, -0.2) is 20.2 Å². The first-order valence-electron chi connectivity index (χ1n) is 8.91. The third-order valence-corrected chi connectivity index (χ3v) is 4.35. The van der Waals surface area contributed by atoms with Crippen LogP contribution in [0.25, 0.3) is 0 Å². The molecule has 0 atom stereocenters. The molecule has 0 aliphatic heterocycles. The highest BCUT2D eigenvalue weighted by molar-refractivity contribution is 5.81. The smallest absolute Gasteiger partial charge is 0.299 e. The highest BCUT2D eigenvalue weighted by atomic mass is 16.7. The van der Waals surface area contributed by atoms with E-state index in [0.717, 1.165) is 36.5 Å². The molecule has 16 nitrogen and oxygen atoms in total. The van der Waals surface area contributed by atoms with E-state index in [1.165, 1.54) is 6.07 Å². The second-order valence-electron chi connectivity index (χ2n) is 6.30. The van der Waals surface area contributed by atoms with Gasteiger partial charge in [-0.05, 0) is 30.2 Å². The van der Waals surface area contributed by atoms with Crippen LogP contribution < -0.4 is 10.0 Å². The van der Waals surface area contributed by atoms with Gasteiger partial charge in [0.15, 0.2) is 21.4 Å². The molecule has 0 bridgehead atoms. The van der Waals surface area contributed by atoms with Crippen molar-refractivity contribution >= 4 is 29.0 Å². The molecule has 0 amide bonds. The average molecular weight is 458 g/mol. The summed E-state index contributed by atoms with van der Waals surface area (Å²) in [7, 11) is 0. The van der Waals surface area contributed by atoms with Crippen LogP contribution in [-0.2, 0) is 0 Å². The zero-order chi connectivity index (χ0) is 24.7. The fourth-order valence-electron chi connectivity index (χ4n) is 2.90. The minimum atomic E-state index is -0.938. The Morgan fingerprint density at radius 2 is 1.33 bits per heavy atom. The lowest BCUT2D eigenvalue weighted by Gasteiger charge is -2.17. The summed E-state index contributed by atoms with van der Waals surface area (Å²) in [6.45, 7) is -1.03. The first-order chi connectivity index (χ1) is 15.6. The maximum atomic E-state index is 11.5. The van der Waals surface area contributed by atoms with Crippen molar-refractivity contribution in [3.05, 3.63) is 88.0 Å². The molecule has 170 valence electrons. The minimum absolute atomic E-state index is 0.0889. The van der Waals surface area contributed by atoms with E-state index < -0.39 is 55.8 Å². The summed E-state index contributed by atoms with van der Waals surface area (Å²) in [5.41, 5.74) is -2.11. The van der Waals surface area contributed by atoms with Crippen LogP contribution in [0.5, 0.6) is 0 Å². The molecule has 0 unspecified atom stereocenters. The summed E-state index contributed by atoms with van der Waals surface area (Å²) in [6.07, 6.45) is 0.537. The van der Waals surface area contributed by atoms with Crippen LogP contribution in [0.4, 0.5) is 22.7 Å². The SMILES string of the molecule is N#Cc1ccc(N(CCCN(c2ccc(C=N)cc2[N+](=O)[O-])[N+](=O)[O-])[N+](=O)[O-])c([N+](=O)[O-])c1. The molecule has 0 aliphatic rings. The largest absolute Gasteiger partial charge is 0.308 e. The Kier molecular flexibility index (Phi) is 7.45. The van der Waals surface area contributed by atoms with Crippen LogP contribution in [0.15, 0.2) is 36.4 Å². The Morgan fingerprint density at radius 3 is 1.76 bits per heavy atom. The maximum Gasteiger partial charge on any atom is 0.299 e. The van der Waals surface area contributed by atoms with Crippen molar-refractivity contribution in [3.63, 3.8) is 0 Å². The van der Waals surface area contributed by atoms with Crippen molar-refractivity contribution in [1.82, 2.24) is 0 Å². The standard InChI is InChI=1S/C17H14N8O8/c18-10-12-2-4-14(16(8-12)22(26)27)20(24(30)31)6-1-7-21(25(32)33)15-5-3-13(11-19)9-17(15)23(28)29/h2-5,8-10,18H,1,6-7H2. The molecule has 0 spiro atoms. The number of rotatable bonds is 11. The number of nitro benzene ring substituents is 2. The Morgan fingerprint density at radius 1 is 0.848 bits per heavy atom.